The zero-order valence-corrected chi connectivity index (χ0v) is 20.1. The highest BCUT2D eigenvalue weighted by molar-refractivity contribution is 8.15. The molecular formula is C22H25N5O4S2. The van der Waals surface area contributed by atoms with Crippen LogP contribution in [-0.2, 0) is 16.4 Å². The number of hydrazone groups is 1. The van der Waals surface area contributed by atoms with Gasteiger partial charge in [0.25, 0.3) is 5.24 Å². The Morgan fingerprint density at radius 3 is 2.61 bits per heavy atom. The molecule has 33 heavy (non-hydrogen) atoms. The molecule has 11 heteroatoms. The average Bonchev–Trinajstić information content (AvgIpc) is 2.73. The van der Waals surface area contributed by atoms with E-state index in [-0.39, 0.29) is 5.24 Å². The van der Waals surface area contributed by atoms with E-state index in [1.807, 2.05) is 30.9 Å². The highest BCUT2D eigenvalue weighted by atomic mass is 32.2. The van der Waals surface area contributed by atoms with Crippen LogP contribution in [-0.4, -0.2) is 48.0 Å². The number of thioether (sulfide) groups is 1. The normalized spacial score (nSPS) is 18.3. The molecule has 2 aliphatic heterocycles. The minimum absolute atomic E-state index is 0.172. The summed E-state index contributed by atoms with van der Waals surface area (Å²) in [5.74, 6) is 0.382. The molecule has 0 saturated carbocycles. The zero-order chi connectivity index (χ0) is 23.8. The van der Waals surface area contributed by atoms with Crippen LogP contribution in [0.2, 0.25) is 0 Å². The largest absolute Gasteiger partial charge is 0.409 e. The maximum Gasteiger partial charge on any atom is 0.300 e. The van der Waals surface area contributed by atoms with E-state index in [2.05, 4.69) is 26.5 Å². The molecule has 3 N–H and O–H groups in total. The molecule has 1 amide bonds. The maximum atomic E-state index is 11.7. The van der Waals surface area contributed by atoms with Gasteiger partial charge in [-0.1, -0.05) is 23.0 Å². The maximum absolute atomic E-state index is 11.7. The smallest absolute Gasteiger partial charge is 0.300 e. The van der Waals surface area contributed by atoms with E-state index in [1.165, 1.54) is 11.8 Å². The van der Waals surface area contributed by atoms with Gasteiger partial charge in [0.15, 0.2) is 5.84 Å². The molecule has 0 saturated heterocycles. The molecule has 0 unspecified atom stereocenters. The predicted octanol–water partition coefficient (Wildman–Crippen LogP) is 3.59. The lowest BCUT2D eigenvalue weighted by Crippen LogP contribution is -2.39. The van der Waals surface area contributed by atoms with Gasteiger partial charge in [-0.2, -0.15) is 5.10 Å². The van der Waals surface area contributed by atoms with Gasteiger partial charge in [-0.3, -0.25) is 9.52 Å². The second-order valence-electron chi connectivity index (χ2n) is 8.45. The van der Waals surface area contributed by atoms with Crippen molar-refractivity contribution < 1.29 is 18.4 Å². The molecule has 0 aliphatic carbocycles. The van der Waals surface area contributed by atoms with Crippen LogP contribution < -0.4 is 15.0 Å². The first-order chi connectivity index (χ1) is 15.6. The molecule has 2 aromatic rings. The summed E-state index contributed by atoms with van der Waals surface area (Å²) in [6, 6.07) is 12.7. The highest BCUT2D eigenvalue weighted by Crippen LogP contribution is 2.35. The number of carbonyl (C=O) groups is 1. The molecule has 174 valence electrons. The van der Waals surface area contributed by atoms with Gasteiger partial charge in [0.05, 0.1) is 16.7 Å². The van der Waals surface area contributed by atoms with Crippen molar-refractivity contribution in [1.82, 2.24) is 5.43 Å². The van der Waals surface area contributed by atoms with E-state index >= 15 is 0 Å². The zero-order valence-electron chi connectivity index (χ0n) is 18.5. The van der Waals surface area contributed by atoms with Crippen molar-refractivity contribution in [2.75, 3.05) is 22.4 Å². The molecule has 0 bridgehead atoms. The molecule has 4 rings (SSSR count). The van der Waals surface area contributed by atoms with Crippen LogP contribution in [0.1, 0.15) is 37.0 Å². The van der Waals surface area contributed by atoms with Gasteiger partial charge in [-0.15, -0.1) is 0 Å². The molecular weight excluding hydrogens is 462 g/mol. The Kier molecular flexibility index (Phi) is 6.10. The first-order valence-corrected chi connectivity index (χ1v) is 13.1. The fourth-order valence-corrected chi connectivity index (χ4v) is 5.46. The number of fused-ring (bicyclic) bond motifs is 1. The van der Waals surface area contributed by atoms with E-state index < -0.39 is 14.8 Å². The molecule has 2 aromatic carbocycles. The third-order valence-electron chi connectivity index (χ3n) is 5.45. The molecule has 0 aromatic heterocycles. The fourth-order valence-electron chi connectivity index (χ4n) is 4.08. The highest BCUT2D eigenvalue weighted by Gasteiger charge is 2.34. The Labute approximate surface area is 197 Å². The topological polar surface area (TPSA) is 123 Å². The number of sulfonamides is 1. The van der Waals surface area contributed by atoms with Gasteiger partial charge in [0.2, 0.25) is 10.0 Å². The molecule has 0 spiro atoms. The van der Waals surface area contributed by atoms with Crippen LogP contribution >= 0.6 is 11.8 Å². The standard InChI is InChI=1S/C22H25N5O4S2/c1-22(2)19(23-24-21(28)32-22)16-8-11-18-15(13-16)5-4-12-27(18)20(25-29)14-6-9-17(10-7-14)26-33(3,30)31/h6-11,13,26,29H,4-5,12H2,1-3H3,(H,24,28)/b25-20-. The Bertz CT molecular complexity index is 1250. The molecule has 0 atom stereocenters. The van der Waals surface area contributed by atoms with Gasteiger partial charge in [0, 0.05) is 23.5 Å². The molecule has 2 aliphatic rings. The number of hydrogen-bond donors (Lipinski definition) is 3. The van der Waals surface area contributed by atoms with E-state index in [1.54, 1.807) is 24.3 Å². The molecule has 0 fully saturated rings. The fraction of sp³-hybridized carbons (Fsp3) is 0.318. The minimum atomic E-state index is -3.38. The average molecular weight is 488 g/mol. The van der Waals surface area contributed by atoms with Crippen molar-refractivity contribution in [2.24, 2.45) is 10.3 Å². The summed E-state index contributed by atoms with van der Waals surface area (Å²) in [5.41, 5.74) is 7.41. The van der Waals surface area contributed by atoms with Crippen LogP contribution in [0.25, 0.3) is 0 Å². The summed E-state index contributed by atoms with van der Waals surface area (Å²) in [5, 5.41) is 17.5. The lowest BCUT2D eigenvalue weighted by atomic mass is 9.93. The van der Waals surface area contributed by atoms with Gasteiger partial charge >= 0.3 is 0 Å². The molecule has 2 heterocycles. The number of rotatable bonds is 4. The van der Waals surface area contributed by atoms with Crippen LogP contribution in [0.5, 0.6) is 0 Å². The molecule has 9 nitrogen and oxygen atoms in total. The Hall–Kier alpha value is -3.05. The number of amidine groups is 1. The monoisotopic (exact) mass is 487 g/mol. The number of nitrogens with one attached hydrogen (secondary N) is 2. The number of oxime groups is 1. The van der Waals surface area contributed by atoms with Crippen molar-refractivity contribution in [2.45, 2.75) is 31.4 Å². The van der Waals surface area contributed by atoms with Crippen LogP contribution in [0.4, 0.5) is 16.2 Å². The van der Waals surface area contributed by atoms with Crippen molar-refractivity contribution in [1.29, 1.82) is 0 Å². The van der Waals surface area contributed by atoms with Gasteiger partial charge in [-0.25, -0.2) is 13.8 Å². The third-order valence-corrected chi connectivity index (χ3v) is 7.03. The number of nitrogens with zero attached hydrogens (tertiary/aromatic N) is 3. The van der Waals surface area contributed by atoms with E-state index in [0.717, 1.165) is 41.6 Å². The number of benzene rings is 2. The second-order valence-corrected chi connectivity index (χ2v) is 11.8. The Balaban J connectivity index is 1.64. The number of amides is 1. The quantitative estimate of drug-likeness (QED) is 0.262. The summed E-state index contributed by atoms with van der Waals surface area (Å²) >= 11 is 1.21. The third kappa shape index (κ3) is 4.98. The Morgan fingerprint density at radius 2 is 1.97 bits per heavy atom. The van der Waals surface area contributed by atoms with E-state index in [9.17, 15) is 18.4 Å². The Morgan fingerprint density at radius 1 is 1.24 bits per heavy atom. The summed E-state index contributed by atoms with van der Waals surface area (Å²) in [4.78, 5) is 13.7. The SMILES string of the molecule is CC1(C)SC(=O)NN=C1c1ccc2c(c1)CCCN2/C(=N\O)c1ccc(NS(C)(=O)=O)cc1. The van der Waals surface area contributed by atoms with Crippen molar-refractivity contribution in [3.63, 3.8) is 0 Å². The van der Waals surface area contributed by atoms with Crippen LogP contribution in [0.15, 0.2) is 52.7 Å². The van der Waals surface area contributed by atoms with Gasteiger partial charge < -0.3 is 10.1 Å². The van der Waals surface area contributed by atoms with E-state index in [4.69, 9.17) is 0 Å². The summed E-state index contributed by atoms with van der Waals surface area (Å²) in [6.45, 7) is 4.62. The van der Waals surface area contributed by atoms with E-state index in [0.29, 0.717) is 23.6 Å². The lowest BCUT2D eigenvalue weighted by Gasteiger charge is -2.33. The van der Waals surface area contributed by atoms with Gasteiger partial charge in [0.1, 0.15) is 0 Å². The van der Waals surface area contributed by atoms with Crippen molar-refractivity contribution in [3.8, 4) is 0 Å². The number of aryl methyl sites for hydroxylation is 1. The first-order valence-electron chi connectivity index (χ1n) is 10.4. The van der Waals surface area contributed by atoms with Gasteiger partial charge in [-0.05, 0) is 74.2 Å². The number of carbonyl (C=O) groups excluding carboxylic acids is 1. The number of anilines is 2. The van der Waals surface area contributed by atoms with Crippen molar-refractivity contribution >= 4 is 49.9 Å². The number of hydrogen-bond acceptors (Lipinski definition) is 7. The summed E-state index contributed by atoms with van der Waals surface area (Å²) < 4.78 is 24.9. The van der Waals surface area contributed by atoms with Crippen molar-refractivity contribution in [3.05, 3.63) is 59.2 Å². The summed E-state index contributed by atoms with van der Waals surface area (Å²) in [7, 11) is -3.38. The lowest BCUT2D eigenvalue weighted by molar-refractivity contribution is 0.260. The van der Waals surface area contributed by atoms with Crippen LogP contribution in [0, 0.1) is 0 Å². The summed E-state index contributed by atoms with van der Waals surface area (Å²) in [6.07, 6.45) is 2.82. The second kappa shape index (κ2) is 8.71. The minimum Gasteiger partial charge on any atom is -0.409 e. The molecule has 0 radical (unpaired) electrons. The van der Waals surface area contributed by atoms with Crippen LogP contribution in [0.3, 0.4) is 0 Å². The predicted molar refractivity (Wildman–Crippen MR) is 132 cm³/mol. The first kappa shape index (κ1) is 23.1.